The second-order valence-corrected chi connectivity index (χ2v) is 4.38. The number of rotatable bonds is 3. The van der Waals surface area contributed by atoms with Gasteiger partial charge in [0.2, 0.25) is 0 Å². The van der Waals surface area contributed by atoms with Gasteiger partial charge in [0.15, 0.2) is 0 Å². The first-order chi connectivity index (χ1) is 6.84. The molecule has 0 aromatic rings. The van der Waals surface area contributed by atoms with Crippen LogP contribution in [0.15, 0.2) is 0 Å². The van der Waals surface area contributed by atoms with Gasteiger partial charge >= 0.3 is 0 Å². The zero-order chi connectivity index (χ0) is 9.80. The average Bonchev–Trinajstić information content (AvgIpc) is 2.70. The molecule has 0 spiro atoms. The topological polar surface area (TPSA) is 27.7 Å². The van der Waals surface area contributed by atoms with E-state index in [0.29, 0.717) is 0 Å². The monoisotopic (exact) mass is 199 g/mol. The Bertz CT molecular complexity index is 163. The van der Waals surface area contributed by atoms with Gasteiger partial charge in [-0.3, -0.25) is 5.43 Å². The Kier molecular flexibility index (Phi) is 3.75. The first-order valence-corrected chi connectivity index (χ1v) is 5.59. The molecule has 1 unspecified atom stereocenters. The van der Waals surface area contributed by atoms with E-state index in [9.17, 15) is 0 Å². The summed E-state index contributed by atoms with van der Waals surface area (Å²) in [5.41, 5.74) is 3.51. The lowest BCUT2D eigenvalue weighted by molar-refractivity contribution is 0.0952. The highest BCUT2D eigenvalue weighted by molar-refractivity contribution is 4.69. The predicted octanol–water partition coefficient (Wildman–Crippen LogP) is -0.225. The summed E-state index contributed by atoms with van der Waals surface area (Å²) in [7, 11) is 2.18. The van der Waals surface area contributed by atoms with Crippen LogP contribution in [0, 0.1) is 5.92 Å². The minimum atomic E-state index is 0.731. The third kappa shape index (κ3) is 2.92. The molecule has 0 aromatic carbocycles. The Morgan fingerprint density at radius 1 is 1.29 bits per heavy atom. The van der Waals surface area contributed by atoms with Gasteiger partial charge in [-0.25, -0.2) is 5.01 Å². The Balaban J connectivity index is 1.60. The van der Waals surface area contributed by atoms with E-state index in [1.54, 1.807) is 0 Å². The number of nitrogens with zero attached hydrogens (tertiary/aromatic N) is 2. The van der Waals surface area contributed by atoms with Crippen LogP contribution < -0.4 is 5.43 Å². The lowest BCUT2D eigenvalue weighted by Crippen LogP contribution is -2.51. The highest BCUT2D eigenvalue weighted by atomic mass is 16.5. The Hall–Kier alpha value is -0.160. The first-order valence-electron chi connectivity index (χ1n) is 5.59. The maximum atomic E-state index is 5.35. The van der Waals surface area contributed by atoms with E-state index in [0.717, 1.165) is 38.8 Å². The van der Waals surface area contributed by atoms with Crippen molar-refractivity contribution in [3.8, 4) is 0 Å². The fourth-order valence-electron chi connectivity index (χ4n) is 1.97. The lowest BCUT2D eigenvalue weighted by atomic mass is 10.1. The SMILES string of the molecule is CN1CCN(NCC2CCOC2)CC1. The van der Waals surface area contributed by atoms with Crippen LogP contribution >= 0.6 is 0 Å². The largest absolute Gasteiger partial charge is 0.381 e. The van der Waals surface area contributed by atoms with Crippen molar-refractivity contribution in [2.45, 2.75) is 6.42 Å². The van der Waals surface area contributed by atoms with Crippen LogP contribution in [0.25, 0.3) is 0 Å². The minimum Gasteiger partial charge on any atom is -0.381 e. The van der Waals surface area contributed by atoms with Crippen LogP contribution in [0.3, 0.4) is 0 Å². The van der Waals surface area contributed by atoms with Gasteiger partial charge in [-0.2, -0.15) is 0 Å². The normalized spacial score (nSPS) is 31.1. The number of hydrogen-bond donors (Lipinski definition) is 1. The Morgan fingerprint density at radius 3 is 2.71 bits per heavy atom. The second kappa shape index (κ2) is 5.07. The van der Waals surface area contributed by atoms with Crippen molar-refractivity contribution < 1.29 is 4.74 Å². The maximum Gasteiger partial charge on any atom is 0.0507 e. The zero-order valence-electron chi connectivity index (χ0n) is 9.04. The summed E-state index contributed by atoms with van der Waals surface area (Å²) in [6.07, 6.45) is 1.22. The molecule has 2 aliphatic heterocycles. The molecular formula is C10H21N3O. The number of hydrazine groups is 1. The number of likely N-dealkylation sites (N-methyl/N-ethyl adjacent to an activating group) is 1. The highest BCUT2D eigenvalue weighted by Crippen LogP contribution is 2.10. The van der Waals surface area contributed by atoms with Crippen molar-refractivity contribution in [3.63, 3.8) is 0 Å². The number of hydrogen-bond acceptors (Lipinski definition) is 4. The van der Waals surface area contributed by atoms with Crippen molar-refractivity contribution in [2.24, 2.45) is 5.92 Å². The summed E-state index contributed by atoms with van der Waals surface area (Å²) in [6.45, 7) is 7.62. The summed E-state index contributed by atoms with van der Waals surface area (Å²) in [4.78, 5) is 2.37. The molecule has 2 fully saturated rings. The molecule has 2 saturated heterocycles. The van der Waals surface area contributed by atoms with Crippen molar-refractivity contribution in [1.82, 2.24) is 15.3 Å². The third-order valence-electron chi connectivity index (χ3n) is 3.13. The third-order valence-corrected chi connectivity index (χ3v) is 3.13. The van der Waals surface area contributed by atoms with Crippen molar-refractivity contribution in [2.75, 3.05) is 53.0 Å². The fraction of sp³-hybridized carbons (Fsp3) is 1.00. The summed E-state index contributed by atoms with van der Waals surface area (Å²) in [5.74, 6) is 0.731. The van der Waals surface area contributed by atoms with Gasteiger partial charge in [0.1, 0.15) is 0 Å². The number of ether oxygens (including phenoxy) is 1. The molecule has 2 heterocycles. The highest BCUT2D eigenvalue weighted by Gasteiger charge is 2.18. The molecule has 2 rings (SSSR count). The molecule has 0 aromatic heterocycles. The standard InChI is InChI=1S/C10H21N3O/c1-12-3-5-13(6-4-12)11-8-10-2-7-14-9-10/h10-11H,2-9H2,1H3. The van der Waals surface area contributed by atoms with E-state index in [4.69, 9.17) is 4.74 Å². The van der Waals surface area contributed by atoms with Crippen LogP contribution in [0.1, 0.15) is 6.42 Å². The van der Waals surface area contributed by atoms with Crippen LogP contribution in [0.5, 0.6) is 0 Å². The smallest absolute Gasteiger partial charge is 0.0507 e. The molecule has 4 nitrogen and oxygen atoms in total. The molecule has 0 bridgehead atoms. The predicted molar refractivity (Wildman–Crippen MR) is 56.0 cm³/mol. The Morgan fingerprint density at radius 2 is 2.07 bits per heavy atom. The maximum absolute atomic E-state index is 5.35. The summed E-state index contributed by atoms with van der Waals surface area (Å²) in [6, 6.07) is 0. The Labute approximate surface area is 86.2 Å². The molecule has 1 atom stereocenters. The van der Waals surface area contributed by atoms with E-state index in [1.165, 1.54) is 19.5 Å². The van der Waals surface area contributed by atoms with Crippen LogP contribution in [0.2, 0.25) is 0 Å². The fourth-order valence-corrected chi connectivity index (χ4v) is 1.97. The van der Waals surface area contributed by atoms with Gasteiger partial charge < -0.3 is 9.64 Å². The molecule has 0 aliphatic carbocycles. The van der Waals surface area contributed by atoms with Crippen molar-refractivity contribution >= 4 is 0 Å². The zero-order valence-corrected chi connectivity index (χ0v) is 9.04. The summed E-state index contributed by atoms with van der Waals surface area (Å²) >= 11 is 0. The van der Waals surface area contributed by atoms with Gasteiger partial charge in [0, 0.05) is 39.3 Å². The van der Waals surface area contributed by atoms with E-state index in [-0.39, 0.29) is 0 Å². The molecule has 0 saturated carbocycles. The quantitative estimate of drug-likeness (QED) is 0.680. The van der Waals surface area contributed by atoms with Gasteiger partial charge in [-0.05, 0) is 19.4 Å². The molecular weight excluding hydrogens is 178 g/mol. The molecule has 14 heavy (non-hydrogen) atoms. The van der Waals surface area contributed by atoms with Gasteiger partial charge in [-0.15, -0.1) is 0 Å². The van der Waals surface area contributed by atoms with E-state index < -0.39 is 0 Å². The summed E-state index contributed by atoms with van der Waals surface area (Å²) < 4.78 is 5.35. The van der Waals surface area contributed by atoms with Gasteiger partial charge in [-0.1, -0.05) is 0 Å². The number of nitrogens with one attached hydrogen (secondary N) is 1. The van der Waals surface area contributed by atoms with Crippen molar-refractivity contribution in [1.29, 1.82) is 0 Å². The van der Waals surface area contributed by atoms with Crippen LogP contribution in [0.4, 0.5) is 0 Å². The molecule has 2 aliphatic rings. The van der Waals surface area contributed by atoms with Crippen LogP contribution in [-0.2, 0) is 4.74 Å². The molecule has 82 valence electrons. The number of piperazine rings is 1. The van der Waals surface area contributed by atoms with Gasteiger partial charge in [0.25, 0.3) is 0 Å². The van der Waals surface area contributed by atoms with Crippen LogP contribution in [-0.4, -0.2) is 62.9 Å². The molecule has 1 N–H and O–H groups in total. The van der Waals surface area contributed by atoms with Gasteiger partial charge in [0.05, 0.1) is 6.61 Å². The van der Waals surface area contributed by atoms with E-state index >= 15 is 0 Å². The first kappa shape index (κ1) is 10.4. The van der Waals surface area contributed by atoms with E-state index in [1.807, 2.05) is 0 Å². The molecule has 4 heteroatoms. The minimum absolute atomic E-state index is 0.731. The summed E-state index contributed by atoms with van der Waals surface area (Å²) in [5, 5.41) is 2.35. The second-order valence-electron chi connectivity index (χ2n) is 4.38. The lowest BCUT2D eigenvalue weighted by Gasteiger charge is -2.33. The molecule has 0 amide bonds. The molecule has 0 radical (unpaired) electrons. The average molecular weight is 199 g/mol. The van der Waals surface area contributed by atoms with Crippen molar-refractivity contribution in [3.05, 3.63) is 0 Å². The van der Waals surface area contributed by atoms with E-state index in [2.05, 4.69) is 22.4 Å².